The van der Waals surface area contributed by atoms with Gasteiger partial charge in [0.2, 0.25) is 11.5 Å². The zero-order valence-electron chi connectivity index (χ0n) is 17.7. The van der Waals surface area contributed by atoms with E-state index in [0.29, 0.717) is 16.9 Å². The van der Waals surface area contributed by atoms with Gasteiger partial charge in [0.1, 0.15) is 18.5 Å². The molecule has 0 aromatic carbocycles. The highest BCUT2D eigenvalue weighted by Gasteiger charge is 2.53. The van der Waals surface area contributed by atoms with E-state index >= 15 is 0 Å². The molecule has 2 aliphatic heterocycles. The molecule has 0 spiro atoms. The Morgan fingerprint density at radius 2 is 2.18 bits per heavy atom. The second-order valence-electron chi connectivity index (χ2n) is 7.22. The summed E-state index contributed by atoms with van der Waals surface area (Å²) < 4.78 is 5.67. The Labute approximate surface area is 201 Å². The molecule has 1 fully saturated rings. The molecule has 15 heteroatoms. The van der Waals surface area contributed by atoms with E-state index in [0.717, 1.165) is 16.4 Å². The maximum absolute atomic E-state index is 12.9. The number of aliphatic carboxylic acids is 1. The van der Waals surface area contributed by atoms with Crippen molar-refractivity contribution in [2.45, 2.75) is 24.6 Å². The number of aromatic nitrogens is 3. The number of hydrogen-bond donors (Lipinski definition) is 3. The number of aliphatic hydroxyl groups is 1. The molecule has 178 valence electrons. The number of amides is 2. The SMILES string of the molecule is CO/N=C(/C(=O)NC1C(=O)N2C(C(=O)[O-])=C(C[n+]3ccc(CO)cc3)CS[C@H]12)c1nsc(N)n1. The first-order valence-corrected chi connectivity index (χ1v) is 11.6. The highest BCUT2D eigenvalue weighted by Crippen LogP contribution is 2.40. The molecule has 0 radical (unpaired) electrons. The van der Waals surface area contributed by atoms with E-state index in [1.165, 1.54) is 18.9 Å². The highest BCUT2D eigenvalue weighted by atomic mass is 32.2. The summed E-state index contributed by atoms with van der Waals surface area (Å²) in [5, 5.41) is 26.8. The monoisotopic (exact) mass is 505 g/mol. The van der Waals surface area contributed by atoms with Crippen LogP contribution in [0.25, 0.3) is 0 Å². The summed E-state index contributed by atoms with van der Waals surface area (Å²) in [5.74, 6) is -2.58. The van der Waals surface area contributed by atoms with Crippen molar-refractivity contribution in [1.29, 1.82) is 0 Å². The quantitative estimate of drug-likeness (QED) is 0.148. The lowest BCUT2D eigenvalue weighted by Crippen LogP contribution is -2.71. The minimum absolute atomic E-state index is 0.0522. The third kappa shape index (κ3) is 4.44. The largest absolute Gasteiger partial charge is 0.543 e. The molecule has 1 unspecified atom stereocenters. The lowest BCUT2D eigenvalue weighted by Gasteiger charge is -2.50. The van der Waals surface area contributed by atoms with Gasteiger partial charge < -0.3 is 30.9 Å². The molecule has 4 rings (SSSR count). The molecule has 1 saturated heterocycles. The summed E-state index contributed by atoms with van der Waals surface area (Å²) in [5.41, 5.74) is 6.29. The Morgan fingerprint density at radius 1 is 1.44 bits per heavy atom. The molecule has 13 nitrogen and oxygen atoms in total. The summed E-state index contributed by atoms with van der Waals surface area (Å²) in [6.07, 6.45) is 3.41. The number of pyridine rings is 1. The fourth-order valence-corrected chi connectivity index (χ4v) is 5.30. The van der Waals surface area contributed by atoms with E-state index in [-0.39, 0.29) is 35.5 Å². The molecule has 2 aromatic heterocycles. The number of hydrogen-bond acceptors (Lipinski definition) is 12. The summed E-state index contributed by atoms with van der Waals surface area (Å²) in [6.45, 7) is 0.112. The Hall–Kier alpha value is -3.56. The smallest absolute Gasteiger partial charge is 0.278 e. The van der Waals surface area contributed by atoms with E-state index in [1.54, 1.807) is 29.1 Å². The Kier molecular flexibility index (Phi) is 6.76. The van der Waals surface area contributed by atoms with E-state index in [4.69, 9.17) is 5.73 Å². The average molecular weight is 506 g/mol. The van der Waals surface area contributed by atoms with Crippen LogP contribution in [-0.4, -0.2) is 67.1 Å². The van der Waals surface area contributed by atoms with Gasteiger partial charge in [0, 0.05) is 35.0 Å². The minimum atomic E-state index is -1.48. The van der Waals surface area contributed by atoms with E-state index < -0.39 is 29.2 Å². The second-order valence-corrected chi connectivity index (χ2v) is 9.10. The number of thioether (sulfide) groups is 1. The number of nitrogens with two attached hydrogens (primary N) is 1. The van der Waals surface area contributed by atoms with Gasteiger partial charge in [0.15, 0.2) is 24.1 Å². The molecular formula is C19H19N7O6S2. The Bertz CT molecular complexity index is 1200. The van der Waals surface area contributed by atoms with Gasteiger partial charge in [-0.05, 0) is 5.56 Å². The zero-order chi connectivity index (χ0) is 24.4. The molecule has 2 aromatic rings. The highest BCUT2D eigenvalue weighted by molar-refractivity contribution is 8.00. The number of aliphatic hydroxyl groups excluding tert-OH is 1. The van der Waals surface area contributed by atoms with Crippen LogP contribution < -0.4 is 20.7 Å². The maximum Gasteiger partial charge on any atom is 0.278 e. The van der Waals surface area contributed by atoms with Crippen molar-refractivity contribution >= 4 is 51.9 Å². The van der Waals surface area contributed by atoms with Gasteiger partial charge in [-0.15, -0.1) is 11.8 Å². The third-order valence-electron chi connectivity index (χ3n) is 5.09. The predicted molar refractivity (Wildman–Crippen MR) is 117 cm³/mol. The van der Waals surface area contributed by atoms with Gasteiger partial charge in [-0.3, -0.25) is 14.5 Å². The number of nitrogens with one attached hydrogen (secondary N) is 1. The number of carboxylic acid groups (broad SMARTS) is 1. The van der Waals surface area contributed by atoms with Gasteiger partial charge in [0.25, 0.3) is 11.8 Å². The fourth-order valence-electron chi connectivity index (χ4n) is 3.53. The summed E-state index contributed by atoms with van der Waals surface area (Å²) in [4.78, 5) is 47.3. The molecule has 2 aliphatic rings. The molecular weight excluding hydrogens is 486 g/mol. The van der Waals surface area contributed by atoms with Gasteiger partial charge in [0.05, 0.1) is 18.3 Å². The lowest BCUT2D eigenvalue weighted by molar-refractivity contribution is -0.689. The van der Waals surface area contributed by atoms with Crippen LogP contribution >= 0.6 is 23.3 Å². The average Bonchev–Trinajstić information content (AvgIpc) is 3.26. The molecule has 0 aliphatic carbocycles. The summed E-state index contributed by atoms with van der Waals surface area (Å²) >= 11 is 2.18. The van der Waals surface area contributed by atoms with E-state index in [2.05, 4.69) is 24.7 Å². The number of β-lactam (4-membered cyclic amide) rings is 1. The van der Waals surface area contributed by atoms with Crippen LogP contribution in [0.4, 0.5) is 5.13 Å². The van der Waals surface area contributed by atoms with Crippen LogP contribution in [0.5, 0.6) is 0 Å². The van der Waals surface area contributed by atoms with Crippen LogP contribution in [0.15, 0.2) is 41.0 Å². The third-order valence-corrected chi connectivity index (χ3v) is 6.98. The summed E-state index contributed by atoms with van der Waals surface area (Å²) in [7, 11) is 1.24. The van der Waals surface area contributed by atoms with Crippen LogP contribution in [0, 0.1) is 0 Å². The van der Waals surface area contributed by atoms with Crippen LogP contribution in [-0.2, 0) is 32.4 Å². The van der Waals surface area contributed by atoms with Crippen LogP contribution in [0.2, 0.25) is 0 Å². The first-order chi connectivity index (χ1) is 16.3. The van der Waals surface area contributed by atoms with Gasteiger partial charge in [-0.1, -0.05) is 5.16 Å². The van der Waals surface area contributed by atoms with Crippen molar-refractivity contribution in [2.24, 2.45) is 5.16 Å². The van der Waals surface area contributed by atoms with Crippen molar-refractivity contribution in [3.8, 4) is 0 Å². The second kappa shape index (κ2) is 9.74. The van der Waals surface area contributed by atoms with Crippen LogP contribution in [0.3, 0.4) is 0 Å². The number of carbonyl (C=O) groups excluding carboxylic acids is 3. The first-order valence-electron chi connectivity index (χ1n) is 9.82. The number of carbonyl (C=O) groups is 3. The number of nitrogen functional groups attached to an aromatic ring is 1. The van der Waals surface area contributed by atoms with Gasteiger partial charge in [-0.2, -0.15) is 9.36 Å². The Balaban J connectivity index is 1.52. The van der Waals surface area contributed by atoms with Gasteiger partial charge in [-0.25, -0.2) is 4.57 Å². The number of rotatable bonds is 8. The predicted octanol–water partition coefficient (Wildman–Crippen LogP) is -2.65. The van der Waals surface area contributed by atoms with Crippen molar-refractivity contribution in [2.75, 3.05) is 18.6 Å². The lowest BCUT2D eigenvalue weighted by atomic mass is 10.0. The molecule has 4 N–H and O–H groups in total. The first kappa shape index (κ1) is 23.6. The Morgan fingerprint density at radius 3 is 2.76 bits per heavy atom. The van der Waals surface area contributed by atoms with Crippen molar-refractivity contribution in [3.05, 3.63) is 47.2 Å². The summed E-state index contributed by atoms with van der Waals surface area (Å²) in [6, 6.07) is 2.44. The van der Waals surface area contributed by atoms with Crippen molar-refractivity contribution in [3.63, 3.8) is 0 Å². The van der Waals surface area contributed by atoms with Crippen molar-refractivity contribution < 1.29 is 34.0 Å². The molecule has 4 heterocycles. The molecule has 0 bridgehead atoms. The molecule has 34 heavy (non-hydrogen) atoms. The number of oxime groups is 1. The van der Waals surface area contributed by atoms with Crippen molar-refractivity contribution in [1.82, 2.24) is 19.6 Å². The molecule has 2 atom stereocenters. The molecule has 2 amide bonds. The van der Waals surface area contributed by atoms with Crippen LogP contribution in [0.1, 0.15) is 11.4 Å². The van der Waals surface area contributed by atoms with Gasteiger partial charge >= 0.3 is 0 Å². The van der Waals surface area contributed by atoms with E-state index in [1.807, 2.05) is 0 Å². The normalized spacial score (nSPS) is 20.0. The molecule has 0 saturated carbocycles. The maximum atomic E-state index is 12.9. The fraction of sp³-hybridized carbons (Fsp3) is 0.316. The zero-order valence-corrected chi connectivity index (χ0v) is 19.3. The number of anilines is 1. The topological polar surface area (TPSA) is 187 Å². The minimum Gasteiger partial charge on any atom is -0.543 e. The standard InChI is InChI=1S/C19H19N7O6S2/c1-32-23-11(14-22-19(20)34-24-14)15(28)21-12-16(29)26-13(18(30)31)10(8-33-17(12)26)6-25-4-2-9(7-27)3-5-25/h2-5,12,17,27H,6-8H2,1H3,(H3-,20,21,22,24,28,30,31)/b23-11+/t12?,17-/m1/s1. The number of nitrogens with zero attached hydrogens (tertiary/aromatic N) is 5. The van der Waals surface area contributed by atoms with E-state index in [9.17, 15) is 24.6 Å². The number of fused-ring (bicyclic) bond motifs is 1. The number of carboxylic acids is 1.